The number of nitrogens with zero attached hydrogens (tertiary/aromatic N) is 2. The quantitative estimate of drug-likeness (QED) is 0.749. The second-order valence-corrected chi connectivity index (χ2v) is 3.26. The van der Waals surface area contributed by atoms with Gasteiger partial charge in [-0.1, -0.05) is 0 Å². The molecule has 2 aromatic rings. The van der Waals surface area contributed by atoms with Gasteiger partial charge in [0.1, 0.15) is 11.9 Å². The van der Waals surface area contributed by atoms with Gasteiger partial charge >= 0.3 is 0 Å². The van der Waals surface area contributed by atoms with E-state index in [1.54, 1.807) is 7.11 Å². The Hall–Kier alpha value is -2.02. The summed E-state index contributed by atoms with van der Waals surface area (Å²) in [6.07, 6.45) is 0.177. The van der Waals surface area contributed by atoms with Crippen LogP contribution in [0.25, 0.3) is 11.1 Å². The van der Waals surface area contributed by atoms with Crippen molar-refractivity contribution >= 4 is 11.1 Å². The molecule has 1 aromatic heterocycles. The molecule has 0 saturated heterocycles. The highest BCUT2D eigenvalue weighted by atomic mass is 16.5. The molecule has 0 aliphatic rings. The predicted octanol–water partition coefficient (Wildman–Crippen LogP) is 2.21. The molecule has 0 radical (unpaired) electrons. The molecule has 0 N–H and O–H groups in total. The number of ether oxygens (including phenoxy) is 1. The van der Waals surface area contributed by atoms with Gasteiger partial charge in [0, 0.05) is 0 Å². The standard InChI is InChI=1S/C11H10N2O2/c1-7-5-8-11(9(6-7)14-2)15-10(13-8)3-4-12/h5-6H,3H2,1-2H3. The molecule has 1 heterocycles. The molecule has 0 aliphatic heterocycles. The van der Waals surface area contributed by atoms with Gasteiger partial charge in [0.2, 0.25) is 5.89 Å². The van der Waals surface area contributed by atoms with Crippen molar-refractivity contribution in [1.82, 2.24) is 4.98 Å². The van der Waals surface area contributed by atoms with Crippen LogP contribution in [0.3, 0.4) is 0 Å². The van der Waals surface area contributed by atoms with Crippen LogP contribution >= 0.6 is 0 Å². The topological polar surface area (TPSA) is 59.0 Å². The van der Waals surface area contributed by atoms with Crippen molar-refractivity contribution in [2.24, 2.45) is 0 Å². The van der Waals surface area contributed by atoms with Crippen LogP contribution in [-0.4, -0.2) is 12.1 Å². The van der Waals surface area contributed by atoms with E-state index in [0.717, 1.165) is 11.1 Å². The molecule has 0 spiro atoms. The highest BCUT2D eigenvalue weighted by molar-refractivity contribution is 5.80. The summed E-state index contributed by atoms with van der Waals surface area (Å²) in [5.74, 6) is 1.08. The number of oxazole rings is 1. The fourth-order valence-electron chi connectivity index (χ4n) is 1.48. The van der Waals surface area contributed by atoms with Gasteiger partial charge in [0.15, 0.2) is 11.3 Å². The average molecular weight is 202 g/mol. The van der Waals surface area contributed by atoms with Crippen molar-refractivity contribution < 1.29 is 9.15 Å². The van der Waals surface area contributed by atoms with E-state index in [2.05, 4.69) is 4.98 Å². The Balaban J connectivity index is 2.64. The van der Waals surface area contributed by atoms with Crippen molar-refractivity contribution in [1.29, 1.82) is 5.26 Å². The van der Waals surface area contributed by atoms with Gasteiger partial charge < -0.3 is 9.15 Å². The van der Waals surface area contributed by atoms with Crippen molar-refractivity contribution in [2.75, 3.05) is 7.11 Å². The second kappa shape index (κ2) is 3.62. The lowest BCUT2D eigenvalue weighted by Gasteiger charge is -2.00. The first-order valence-corrected chi connectivity index (χ1v) is 4.55. The van der Waals surface area contributed by atoms with Crippen molar-refractivity contribution in [2.45, 2.75) is 13.3 Å². The Morgan fingerprint density at radius 3 is 3.00 bits per heavy atom. The summed E-state index contributed by atoms with van der Waals surface area (Å²) in [7, 11) is 1.58. The van der Waals surface area contributed by atoms with Gasteiger partial charge in [-0.05, 0) is 24.6 Å². The molecular formula is C11H10N2O2. The van der Waals surface area contributed by atoms with Gasteiger partial charge in [0.05, 0.1) is 13.2 Å². The maximum absolute atomic E-state index is 8.54. The fraction of sp³-hybridized carbons (Fsp3) is 0.273. The lowest BCUT2D eigenvalue weighted by atomic mass is 10.2. The monoisotopic (exact) mass is 202 g/mol. The van der Waals surface area contributed by atoms with E-state index in [4.69, 9.17) is 14.4 Å². The summed E-state index contributed by atoms with van der Waals surface area (Å²) < 4.78 is 10.6. The third kappa shape index (κ3) is 1.64. The van der Waals surface area contributed by atoms with Gasteiger partial charge in [-0.2, -0.15) is 5.26 Å². The summed E-state index contributed by atoms with van der Waals surface area (Å²) in [6, 6.07) is 5.78. The second-order valence-electron chi connectivity index (χ2n) is 3.26. The number of methoxy groups -OCH3 is 1. The van der Waals surface area contributed by atoms with Crippen LogP contribution < -0.4 is 4.74 Å². The lowest BCUT2D eigenvalue weighted by Crippen LogP contribution is -1.84. The number of aryl methyl sites for hydroxylation is 1. The van der Waals surface area contributed by atoms with Crippen LogP contribution in [0.15, 0.2) is 16.5 Å². The van der Waals surface area contributed by atoms with Gasteiger partial charge in [0.25, 0.3) is 0 Å². The molecule has 4 nitrogen and oxygen atoms in total. The smallest absolute Gasteiger partial charge is 0.209 e. The molecule has 0 saturated carbocycles. The highest BCUT2D eigenvalue weighted by Gasteiger charge is 2.10. The first-order valence-electron chi connectivity index (χ1n) is 4.55. The predicted molar refractivity (Wildman–Crippen MR) is 54.6 cm³/mol. The van der Waals surface area contributed by atoms with Crippen molar-refractivity contribution in [3.8, 4) is 11.8 Å². The van der Waals surface area contributed by atoms with Crippen LogP contribution in [0.2, 0.25) is 0 Å². The SMILES string of the molecule is COc1cc(C)cc2nc(CC#N)oc12. The molecule has 2 rings (SSSR count). The molecule has 0 atom stereocenters. The third-order valence-corrected chi connectivity index (χ3v) is 2.09. The maximum Gasteiger partial charge on any atom is 0.209 e. The van der Waals surface area contributed by atoms with Crippen molar-refractivity contribution in [3.05, 3.63) is 23.6 Å². The molecule has 15 heavy (non-hydrogen) atoms. The van der Waals surface area contributed by atoms with E-state index in [9.17, 15) is 0 Å². The number of benzene rings is 1. The largest absolute Gasteiger partial charge is 0.493 e. The number of nitriles is 1. The van der Waals surface area contributed by atoms with Crippen LogP contribution in [0.1, 0.15) is 11.5 Å². The van der Waals surface area contributed by atoms with E-state index in [1.807, 2.05) is 25.1 Å². The van der Waals surface area contributed by atoms with Crippen molar-refractivity contribution in [3.63, 3.8) is 0 Å². The molecule has 0 unspecified atom stereocenters. The highest BCUT2D eigenvalue weighted by Crippen LogP contribution is 2.27. The number of aromatic nitrogens is 1. The van der Waals surface area contributed by atoms with E-state index >= 15 is 0 Å². The molecule has 0 amide bonds. The first-order chi connectivity index (χ1) is 7.24. The molecule has 4 heteroatoms. The Kier molecular flexibility index (Phi) is 2.30. The zero-order chi connectivity index (χ0) is 10.8. The Morgan fingerprint density at radius 1 is 1.53 bits per heavy atom. The average Bonchev–Trinajstić information content (AvgIpc) is 2.59. The first kappa shape index (κ1) is 9.53. The Bertz CT molecular complexity index is 537. The summed E-state index contributed by atoms with van der Waals surface area (Å²) in [5.41, 5.74) is 2.39. The molecule has 1 aromatic carbocycles. The number of fused-ring (bicyclic) bond motifs is 1. The van der Waals surface area contributed by atoms with E-state index in [1.165, 1.54) is 0 Å². The minimum absolute atomic E-state index is 0.177. The van der Waals surface area contributed by atoms with Gasteiger partial charge in [-0.3, -0.25) is 0 Å². The molecule has 0 fully saturated rings. The van der Waals surface area contributed by atoms with Gasteiger partial charge in [-0.25, -0.2) is 4.98 Å². The summed E-state index contributed by atoms with van der Waals surface area (Å²) in [4.78, 5) is 4.20. The minimum atomic E-state index is 0.177. The summed E-state index contributed by atoms with van der Waals surface area (Å²) in [5, 5.41) is 8.54. The van der Waals surface area contributed by atoms with Crippen LogP contribution in [0, 0.1) is 18.3 Å². The summed E-state index contributed by atoms with van der Waals surface area (Å²) >= 11 is 0. The zero-order valence-corrected chi connectivity index (χ0v) is 8.57. The summed E-state index contributed by atoms with van der Waals surface area (Å²) in [6.45, 7) is 1.96. The maximum atomic E-state index is 8.54. The zero-order valence-electron chi connectivity index (χ0n) is 8.57. The lowest BCUT2D eigenvalue weighted by molar-refractivity contribution is 0.407. The molecular weight excluding hydrogens is 192 g/mol. The molecule has 0 aliphatic carbocycles. The van der Waals surface area contributed by atoms with E-state index < -0.39 is 0 Å². The number of hydrogen-bond acceptors (Lipinski definition) is 4. The third-order valence-electron chi connectivity index (χ3n) is 2.09. The number of rotatable bonds is 2. The minimum Gasteiger partial charge on any atom is -0.493 e. The molecule has 76 valence electrons. The van der Waals surface area contributed by atoms with E-state index in [0.29, 0.717) is 17.2 Å². The van der Waals surface area contributed by atoms with Crippen LogP contribution in [0.5, 0.6) is 5.75 Å². The Labute approximate surface area is 87.1 Å². The van der Waals surface area contributed by atoms with Crippen LogP contribution in [0.4, 0.5) is 0 Å². The Morgan fingerprint density at radius 2 is 2.33 bits per heavy atom. The molecule has 0 bridgehead atoms. The van der Waals surface area contributed by atoms with Gasteiger partial charge in [-0.15, -0.1) is 0 Å². The number of hydrogen-bond donors (Lipinski definition) is 0. The van der Waals surface area contributed by atoms with E-state index in [-0.39, 0.29) is 6.42 Å². The normalized spacial score (nSPS) is 10.2. The fourth-order valence-corrected chi connectivity index (χ4v) is 1.48. The van der Waals surface area contributed by atoms with Crippen LogP contribution in [-0.2, 0) is 6.42 Å².